The summed E-state index contributed by atoms with van der Waals surface area (Å²) in [4.78, 5) is 73.6. The number of aliphatic imine (C=N–C) groups is 1. The van der Waals surface area contributed by atoms with E-state index in [1.165, 1.54) is 0 Å². The van der Waals surface area contributed by atoms with Gasteiger partial charge < -0.3 is 61.2 Å². The summed E-state index contributed by atoms with van der Waals surface area (Å²) in [6.45, 7) is 23.9. The Labute approximate surface area is 438 Å². The number of nitrogens with one attached hydrogen (secondary N) is 5. The first-order valence-corrected chi connectivity index (χ1v) is 26.6. The van der Waals surface area contributed by atoms with Crippen LogP contribution in [0.5, 0.6) is 5.75 Å². The van der Waals surface area contributed by atoms with E-state index in [4.69, 9.17) is 39.9 Å². The van der Waals surface area contributed by atoms with Gasteiger partial charge in [0.2, 0.25) is 29.6 Å². The van der Waals surface area contributed by atoms with Gasteiger partial charge >= 0.3 is 5.97 Å². The summed E-state index contributed by atoms with van der Waals surface area (Å²) < 4.78 is 64.0. The van der Waals surface area contributed by atoms with Crippen molar-refractivity contribution in [3.8, 4) is 5.75 Å². The van der Waals surface area contributed by atoms with Crippen molar-refractivity contribution in [1.82, 2.24) is 26.0 Å². The Bertz CT molecular complexity index is 2350. The molecule has 21 nitrogen and oxygen atoms in total. The number of carbonyl (C=O) groups is 5. The highest BCUT2D eigenvalue weighted by Gasteiger charge is 2.38. The monoisotopic (exact) mass is 1060 g/mol. The Morgan fingerprint density at radius 1 is 0.770 bits per heavy atom. The van der Waals surface area contributed by atoms with E-state index >= 15 is 0 Å². The second kappa shape index (κ2) is 28.5. The van der Waals surface area contributed by atoms with Crippen LogP contribution in [0.3, 0.4) is 0 Å². The maximum Gasteiger partial charge on any atom is 0.329 e. The molecule has 0 fully saturated rings. The van der Waals surface area contributed by atoms with E-state index in [-0.39, 0.29) is 56.5 Å². The number of hydrogen-bond donors (Lipinski definition) is 7. The number of guanidine groups is 1. The third-order valence-corrected chi connectivity index (χ3v) is 13.1. The molecule has 2 aromatic rings. The average Bonchev–Trinajstić information content (AvgIpc) is 3.63. The molecule has 4 unspecified atom stereocenters. The number of esters is 1. The number of carbonyl (C=O) groups excluding carboxylic acids is 5. The number of benzene rings is 2. The number of hydrogen-bond acceptors (Lipinski definition) is 15. The molecule has 2 aromatic carbocycles. The molecule has 22 heteroatoms. The van der Waals surface area contributed by atoms with Crippen molar-refractivity contribution >= 4 is 45.6 Å². The molecule has 74 heavy (non-hydrogen) atoms. The molecule has 0 saturated carbocycles. The lowest BCUT2D eigenvalue weighted by molar-refractivity contribution is -0.159. The van der Waals surface area contributed by atoms with E-state index in [1.54, 1.807) is 69.2 Å². The van der Waals surface area contributed by atoms with Crippen LogP contribution in [0.25, 0.3) is 0 Å². The van der Waals surface area contributed by atoms with Crippen LogP contribution in [0.2, 0.25) is 0 Å². The van der Waals surface area contributed by atoms with Gasteiger partial charge in [-0.05, 0) is 117 Å². The lowest BCUT2D eigenvalue weighted by Crippen LogP contribution is -2.60. The van der Waals surface area contributed by atoms with Crippen LogP contribution in [0.4, 0.5) is 0 Å². The zero-order valence-corrected chi connectivity index (χ0v) is 46.6. The highest BCUT2D eigenvalue weighted by Crippen LogP contribution is 2.43. The summed E-state index contributed by atoms with van der Waals surface area (Å²) in [5.41, 5.74) is 12.8. The van der Waals surface area contributed by atoms with Crippen LogP contribution in [0.1, 0.15) is 110 Å². The average molecular weight is 1060 g/mol. The van der Waals surface area contributed by atoms with Gasteiger partial charge in [0.15, 0.2) is 0 Å². The maximum atomic E-state index is 14.2. The molecule has 1 heterocycles. The summed E-state index contributed by atoms with van der Waals surface area (Å²) in [7, 11) is -4.20. The Kier molecular flexibility index (Phi) is 24.2. The van der Waals surface area contributed by atoms with Gasteiger partial charge in [0.25, 0.3) is 10.0 Å². The van der Waals surface area contributed by atoms with Crippen LogP contribution >= 0.6 is 0 Å². The number of rotatable bonds is 29. The van der Waals surface area contributed by atoms with Crippen LogP contribution < -0.4 is 42.2 Å². The van der Waals surface area contributed by atoms with Gasteiger partial charge in [0, 0.05) is 31.5 Å². The number of nitrogens with two attached hydrogens (primary N) is 2. The molecule has 416 valence electrons. The first-order chi connectivity index (χ1) is 34.4. The van der Waals surface area contributed by atoms with Crippen molar-refractivity contribution in [2.45, 2.75) is 162 Å². The molecule has 0 bridgehead atoms. The van der Waals surface area contributed by atoms with E-state index in [0.29, 0.717) is 55.2 Å². The van der Waals surface area contributed by atoms with Crippen LogP contribution in [-0.4, -0.2) is 144 Å². The largest absolute Gasteiger partial charge is 0.487 e. The van der Waals surface area contributed by atoms with Gasteiger partial charge in [0.05, 0.1) is 50.1 Å². The molecule has 0 saturated heterocycles. The van der Waals surface area contributed by atoms with Gasteiger partial charge in [-0.3, -0.25) is 24.2 Å². The Hall–Kier alpha value is -5.39. The number of nitrogens with zero attached hydrogens (tertiary/aromatic N) is 1. The molecule has 9 N–H and O–H groups in total. The third kappa shape index (κ3) is 21.1. The normalized spacial score (nSPS) is 15.3. The minimum Gasteiger partial charge on any atom is -0.487 e. The third-order valence-electron chi connectivity index (χ3n) is 11.5. The Morgan fingerprint density at radius 2 is 1.36 bits per heavy atom. The molecule has 4 amide bonds. The minimum absolute atomic E-state index is 0.0324. The first kappa shape index (κ1) is 62.9. The molecular weight excluding hydrogens is 977 g/mol. The zero-order chi connectivity index (χ0) is 55.6. The molecule has 0 spiro atoms. The summed E-state index contributed by atoms with van der Waals surface area (Å²) in [6, 6.07) is 4.11. The fourth-order valence-corrected chi connectivity index (χ4v) is 9.34. The topological polar surface area (TPSA) is 299 Å². The van der Waals surface area contributed by atoms with E-state index in [9.17, 15) is 32.4 Å². The molecule has 3 rings (SSSR count). The van der Waals surface area contributed by atoms with Crippen LogP contribution in [-0.2, 0) is 70.5 Å². The van der Waals surface area contributed by atoms with E-state index in [0.717, 1.165) is 11.1 Å². The zero-order valence-electron chi connectivity index (χ0n) is 45.8. The summed E-state index contributed by atoms with van der Waals surface area (Å²) >= 11 is 0. The predicted molar refractivity (Wildman–Crippen MR) is 281 cm³/mol. The lowest BCUT2D eigenvalue weighted by Gasteiger charge is -2.30. The highest BCUT2D eigenvalue weighted by atomic mass is 32.2. The molecule has 4 atom stereocenters. The SMILES string of the molecule is Cc1c(C)c(S(=O)(=O)NC(N)=NCCCC(NC(=O)COCCOCCOCCN)C(=O)NC(C(=O)NC(COC(C)(C)C)C(=O)NC(Cc2ccccc2)C(=O)OC(C)(C)C)C(C)C)c(C)c2c1OC(C)(C)C2. The Balaban J connectivity index is 1.82. The quantitative estimate of drug-likeness (QED) is 0.0267. The first-order valence-electron chi connectivity index (χ1n) is 25.1. The maximum absolute atomic E-state index is 14.2. The molecule has 1 aliphatic heterocycles. The van der Waals surface area contributed by atoms with Crippen molar-refractivity contribution in [2.75, 3.05) is 59.3 Å². The number of ether oxygens (including phenoxy) is 6. The molecule has 0 aromatic heterocycles. The number of sulfonamides is 1. The predicted octanol–water partition coefficient (Wildman–Crippen LogP) is 2.70. The van der Waals surface area contributed by atoms with Crippen molar-refractivity contribution in [2.24, 2.45) is 22.4 Å². The van der Waals surface area contributed by atoms with Crippen molar-refractivity contribution in [3.63, 3.8) is 0 Å². The smallest absolute Gasteiger partial charge is 0.329 e. The van der Waals surface area contributed by atoms with E-state index in [1.807, 2.05) is 51.1 Å². The van der Waals surface area contributed by atoms with E-state index in [2.05, 4.69) is 31.0 Å². The van der Waals surface area contributed by atoms with Gasteiger partial charge in [0.1, 0.15) is 47.7 Å². The second-order valence-electron chi connectivity index (χ2n) is 21.3. The molecular formula is C52H84N8O13S. The van der Waals surface area contributed by atoms with Crippen molar-refractivity contribution in [3.05, 3.63) is 58.1 Å². The standard InChI is InChI=1S/C52H84N8O13S/c1-32(2)42(47(64)58-40(30-71-50(6,7)8)46(63)57-39(48(65)73-51(9,10)11)28-36-18-15-14-16-19-36)59-45(62)38(56-41(61)31-70-27-26-69-25-24-68-23-21-53)20-17-22-55-49(54)60-74(66,67)44-34(4)33(3)43-37(35(44)5)29-52(12,13)72-43/h14-16,18-19,32,38-40,42H,17,20-31,53H2,1-13H3,(H,56,61)(H,57,63)(H,58,64)(H,59,62)(H3,54,55,60). The highest BCUT2D eigenvalue weighted by molar-refractivity contribution is 7.90. The fourth-order valence-electron chi connectivity index (χ4n) is 7.81. The van der Waals surface area contributed by atoms with E-state index < -0.39 is 93.1 Å². The van der Waals surface area contributed by atoms with Crippen molar-refractivity contribution in [1.29, 1.82) is 0 Å². The fraction of sp³-hybridized carbons (Fsp3) is 0.654. The summed E-state index contributed by atoms with van der Waals surface area (Å²) in [6.07, 6.45) is 0.714. The number of fused-ring (bicyclic) bond motifs is 1. The second-order valence-corrected chi connectivity index (χ2v) is 22.9. The van der Waals surface area contributed by atoms with Crippen LogP contribution in [0.15, 0.2) is 40.2 Å². The van der Waals surface area contributed by atoms with Gasteiger partial charge in [-0.15, -0.1) is 0 Å². The molecule has 1 aliphatic rings. The molecule has 0 aliphatic carbocycles. The summed E-state index contributed by atoms with van der Waals surface area (Å²) in [5, 5.41) is 10.9. The lowest BCUT2D eigenvalue weighted by atomic mass is 9.94. The van der Waals surface area contributed by atoms with Crippen LogP contribution in [0, 0.1) is 26.7 Å². The number of amides is 4. The summed E-state index contributed by atoms with van der Waals surface area (Å²) in [5.74, 6) is -3.78. The van der Waals surface area contributed by atoms with Crippen molar-refractivity contribution < 1.29 is 60.8 Å². The Morgan fingerprint density at radius 3 is 1.96 bits per heavy atom. The van der Waals surface area contributed by atoms with Gasteiger partial charge in [-0.1, -0.05) is 44.2 Å². The van der Waals surface area contributed by atoms with Gasteiger partial charge in [-0.25, -0.2) is 17.9 Å². The van der Waals surface area contributed by atoms with Gasteiger partial charge in [-0.2, -0.15) is 0 Å². The molecule has 0 radical (unpaired) electrons. The minimum atomic E-state index is -4.20.